The highest BCUT2D eigenvalue weighted by molar-refractivity contribution is 6.32. The van der Waals surface area contributed by atoms with Crippen molar-refractivity contribution in [2.24, 2.45) is 4.99 Å². The molecule has 0 N–H and O–H groups in total. The summed E-state index contributed by atoms with van der Waals surface area (Å²) in [6.07, 6.45) is 1.77. The van der Waals surface area contributed by atoms with Crippen LogP contribution in [0.2, 0.25) is 10.0 Å². The van der Waals surface area contributed by atoms with Crippen molar-refractivity contribution in [2.45, 2.75) is 13.5 Å². The summed E-state index contributed by atoms with van der Waals surface area (Å²) in [4.78, 5) is 4.47. The molecule has 0 aliphatic heterocycles. The van der Waals surface area contributed by atoms with Gasteiger partial charge in [0.15, 0.2) is 0 Å². The lowest BCUT2D eigenvalue weighted by Gasteiger charge is -2.11. The number of halogens is 2. The summed E-state index contributed by atoms with van der Waals surface area (Å²) in [6, 6.07) is 25.9. The third-order valence-electron chi connectivity index (χ3n) is 4.74. The van der Waals surface area contributed by atoms with E-state index in [2.05, 4.69) is 29.3 Å². The van der Waals surface area contributed by atoms with Crippen LogP contribution in [0.1, 0.15) is 16.7 Å². The summed E-state index contributed by atoms with van der Waals surface area (Å²) in [6.45, 7) is 2.42. The van der Waals surface area contributed by atoms with Crippen LogP contribution in [0.5, 0.6) is 5.75 Å². The molecule has 0 saturated heterocycles. The predicted molar refractivity (Wildman–Crippen MR) is 123 cm³/mol. The third-order valence-corrected chi connectivity index (χ3v) is 5.44. The molecule has 0 unspecified atom stereocenters. The van der Waals surface area contributed by atoms with Crippen molar-refractivity contribution in [3.63, 3.8) is 0 Å². The van der Waals surface area contributed by atoms with Gasteiger partial charge in [0.1, 0.15) is 12.4 Å². The molecule has 0 aliphatic carbocycles. The van der Waals surface area contributed by atoms with Crippen LogP contribution in [0.4, 0.5) is 5.69 Å². The minimum absolute atomic E-state index is 0.455. The number of hydrogen-bond donors (Lipinski definition) is 0. The van der Waals surface area contributed by atoms with Gasteiger partial charge in [-0.05, 0) is 64.7 Å². The highest BCUT2D eigenvalue weighted by Crippen LogP contribution is 2.28. The van der Waals surface area contributed by atoms with E-state index in [1.807, 2.05) is 61.5 Å². The zero-order valence-corrected chi connectivity index (χ0v) is 17.4. The van der Waals surface area contributed by atoms with Gasteiger partial charge in [0.25, 0.3) is 0 Å². The Morgan fingerprint density at radius 1 is 0.862 bits per heavy atom. The van der Waals surface area contributed by atoms with E-state index in [1.165, 1.54) is 10.8 Å². The van der Waals surface area contributed by atoms with Gasteiger partial charge < -0.3 is 4.74 Å². The number of hydrogen-bond acceptors (Lipinski definition) is 2. The topological polar surface area (TPSA) is 21.6 Å². The van der Waals surface area contributed by atoms with Gasteiger partial charge in [0, 0.05) is 11.2 Å². The van der Waals surface area contributed by atoms with Crippen LogP contribution in [0.15, 0.2) is 83.9 Å². The van der Waals surface area contributed by atoms with Gasteiger partial charge in [-0.2, -0.15) is 0 Å². The van der Waals surface area contributed by atoms with E-state index in [9.17, 15) is 0 Å². The first-order chi connectivity index (χ1) is 14.1. The smallest absolute Gasteiger partial charge is 0.138 e. The number of ether oxygens (including phenoxy) is 1. The van der Waals surface area contributed by atoms with Crippen molar-refractivity contribution in [2.75, 3.05) is 0 Å². The predicted octanol–water partition coefficient (Wildman–Crippen LogP) is 7.78. The Balaban J connectivity index is 1.48. The standard InChI is InChI=1S/C25H19Cl2NO/c1-17-9-11-21(14-23(17)26)28-15-18-10-12-25(24(27)13-18)29-16-20-7-4-6-19-5-2-3-8-22(19)20/h2-15H,16H2,1H3. The Morgan fingerprint density at radius 2 is 1.69 bits per heavy atom. The summed E-state index contributed by atoms with van der Waals surface area (Å²) in [5, 5.41) is 3.64. The summed E-state index contributed by atoms with van der Waals surface area (Å²) in [7, 11) is 0. The van der Waals surface area contributed by atoms with E-state index < -0.39 is 0 Å². The van der Waals surface area contributed by atoms with Crippen molar-refractivity contribution in [1.82, 2.24) is 0 Å². The summed E-state index contributed by atoms with van der Waals surface area (Å²) in [5.41, 5.74) is 3.85. The first kappa shape index (κ1) is 19.5. The average Bonchev–Trinajstić information content (AvgIpc) is 2.74. The van der Waals surface area contributed by atoms with E-state index >= 15 is 0 Å². The Labute approximate surface area is 180 Å². The zero-order chi connectivity index (χ0) is 20.2. The van der Waals surface area contributed by atoms with Crippen LogP contribution in [-0.4, -0.2) is 6.21 Å². The Morgan fingerprint density at radius 3 is 2.52 bits per heavy atom. The molecule has 4 heteroatoms. The molecule has 4 rings (SSSR count). The van der Waals surface area contributed by atoms with Crippen LogP contribution >= 0.6 is 23.2 Å². The van der Waals surface area contributed by atoms with Gasteiger partial charge in [0.2, 0.25) is 0 Å². The van der Waals surface area contributed by atoms with Gasteiger partial charge in [0.05, 0.1) is 10.7 Å². The minimum atomic E-state index is 0.455. The highest BCUT2D eigenvalue weighted by atomic mass is 35.5. The second-order valence-corrected chi connectivity index (χ2v) is 7.62. The van der Waals surface area contributed by atoms with Crippen molar-refractivity contribution in [1.29, 1.82) is 0 Å². The monoisotopic (exact) mass is 419 g/mol. The largest absolute Gasteiger partial charge is 0.487 e. The Kier molecular flexibility index (Phi) is 5.84. The van der Waals surface area contributed by atoms with Crippen molar-refractivity contribution >= 4 is 45.9 Å². The number of fused-ring (bicyclic) bond motifs is 1. The third kappa shape index (κ3) is 4.61. The first-order valence-corrected chi connectivity index (χ1v) is 10.0. The molecule has 0 fully saturated rings. The maximum atomic E-state index is 6.43. The van der Waals surface area contributed by atoms with Gasteiger partial charge in [-0.25, -0.2) is 0 Å². The SMILES string of the molecule is Cc1ccc(N=Cc2ccc(OCc3cccc4ccccc34)c(Cl)c2)cc1Cl. The van der Waals surface area contributed by atoms with E-state index in [4.69, 9.17) is 27.9 Å². The quantitative estimate of drug-likeness (QED) is 0.302. The van der Waals surface area contributed by atoms with E-state index in [0.717, 1.165) is 22.4 Å². The second-order valence-electron chi connectivity index (χ2n) is 6.81. The molecule has 4 aromatic carbocycles. The van der Waals surface area contributed by atoms with Gasteiger partial charge in [-0.15, -0.1) is 0 Å². The molecular weight excluding hydrogens is 401 g/mol. The van der Waals surface area contributed by atoms with Crippen LogP contribution in [0, 0.1) is 6.92 Å². The molecule has 0 aliphatic rings. The summed E-state index contributed by atoms with van der Waals surface area (Å²) in [5.74, 6) is 0.648. The normalized spacial score (nSPS) is 11.3. The molecule has 0 amide bonds. The number of aryl methyl sites for hydroxylation is 1. The minimum Gasteiger partial charge on any atom is -0.487 e. The average molecular weight is 420 g/mol. The molecular formula is C25H19Cl2NO. The number of rotatable bonds is 5. The molecule has 0 bridgehead atoms. The van der Waals surface area contributed by atoms with Gasteiger partial charge >= 0.3 is 0 Å². The molecule has 0 atom stereocenters. The maximum absolute atomic E-state index is 6.43. The van der Waals surface area contributed by atoms with Gasteiger partial charge in [-0.1, -0.05) is 71.7 Å². The van der Waals surface area contributed by atoms with Crippen molar-refractivity contribution in [3.05, 3.63) is 106 Å². The highest BCUT2D eigenvalue weighted by Gasteiger charge is 2.06. The Hall–Kier alpha value is -2.81. The molecule has 0 saturated carbocycles. The molecule has 0 spiro atoms. The molecule has 29 heavy (non-hydrogen) atoms. The molecule has 0 radical (unpaired) electrons. The fourth-order valence-corrected chi connectivity index (χ4v) is 3.52. The second kappa shape index (κ2) is 8.69. The zero-order valence-electron chi connectivity index (χ0n) is 15.9. The maximum Gasteiger partial charge on any atom is 0.138 e. The molecule has 144 valence electrons. The fourth-order valence-electron chi connectivity index (χ4n) is 3.10. The molecule has 0 heterocycles. The number of nitrogens with zero attached hydrogens (tertiary/aromatic N) is 1. The summed E-state index contributed by atoms with van der Waals surface area (Å²) < 4.78 is 5.98. The number of benzene rings is 4. The van der Waals surface area contributed by atoms with Crippen LogP contribution < -0.4 is 4.74 Å². The first-order valence-electron chi connectivity index (χ1n) is 9.29. The van der Waals surface area contributed by atoms with E-state index in [0.29, 0.717) is 22.4 Å². The molecule has 4 aromatic rings. The van der Waals surface area contributed by atoms with Crippen LogP contribution in [0.25, 0.3) is 10.8 Å². The Bertz CT molecular complexity index is 1200. The van der Waals surface area contributed by atoms with Crippen LogP contribution in [0.3, 0.4) is 0 Å². The number of aliphatic imine (C=N–C) groups is 1. The summed E-state index contributed by atoms with van der Waals surface area (Å²) >= 11 is 12.6. The lowest BCUT2D eigenvalue weighted by Crippen LogP contribution is -1.97. The van der Waals surface area contributed by atoms with Crippen molar-refractivity contribution < 1.29 is 4.74 Å². The van der Waals surface area contributed by atoms with Crippen LogP contribution in [-0.2, 0) is 6.61 Å². The lowest BCUT2D eigenvalue weighted by molar-refractivity contribution is 0.308. The molecule has 2 nitrogen and oxygen atoms in total. The fraction of sp³-hybridized carbons (Fsp3) is 0.0800. The van der Waals surface area contributed by atoms with E-state index in [1.54, 1.807) is 6.21 Å². The van der Waals surface area contributed by atoms with Crippen molar-refractivity contribution in [3.8, 4) is 5.75 Å². The van der Waals surface area contributed by atoms with E-state index in [-0.39, 0.29) is 0 Å². The molecule has 0 aromatic heterocycles. The lowest BCUT2D eigenvalue weighted by atomic mass is 10.1. The van der Waals surface area contributed by atoms with Gasteiger partial charge in [-0.3, -0.25) is 4.99 Å².